The number of nitrogens with zero attached hydrogens (tertiary/aromatic N) is 2. The zero-order chi connectivity index (χ0) is 18.0. The first kappa shape index (κ1) is 17.3. The Labute approximate surface area is 152 Å². The van der Waals surface area contributed by atoms with Gasteiger partial charge >= 0.3 is 0 Å². The molecule has 3 N–H and O–H groups in total. The Morgan fingerprint density at radius 3 is 2.68 bits per heavy atom. The lowest BCUT2D eigenvalue weighted by atomic mass is 9.90. The summed E-state index contributed by atoms with van der Waals surface area (Å²) in [5.74, 6) is 5.32. The van der Waals surface area contributed by atoms with Crippen molar-refractivity contribution in [2.75, 3.05) is 10.2 Å². The molecule has 0 spiro atoms. The van der Waals surface area contributed by atoms with Gasteiger partial charge in [0.15, 0.2) is 0 Å². The van der Waals surface area contributed by atoms with E-state index in [0.29, 0.717) is 5.02 Å². The maximum absolute atomic E-state index is 12.1. The number of halogens is 1. The first-order valence-electron chi connectivity index (χ1n) is 8.18. The maximum atomic E-state index is 12.1. The number of amides is 1. The summed E-state index contributed by atoms with van der Waals surface area (Å²) in [4.78, 5) is 14.0. The molecule has 3 rings (SSSR count). The Hall–Kier alpha value is -2.53. The molecule has 2 aromatic carbocycles. The molecular weight excluding hydrogens is 336 g/mol. The lowest BCUT2D eigenvalue weighted by Gasteiger charge is -2.39. The monoisotopic (exact) mass is 356 g/mol. The highest BCUT2D eigenvalue weighted by Crippen LogP contribution is 2.39. The number of hydrogen-bond donors (Lipinski definition) is 2. The van der Waals surface area contributed by atoms with E-state index in [0.717, 1.165) is 28.9 Å². The van der Waals surface area contributed by atoms with E-state index < -0.39 is 0 Å². The van der Waals surface area contributed by atoms with Gasteiger partial charge in [-0.15, -0.1) is 0 Å². The topological polar surface area (TPSA) is 70.7 Å². The van der Waals surface area contributed by atoms with Crippen LogP contribution in [-0.4, -0.2) is 18.2 Å². The number of carbonyl (C=O) groups excluding carboxylic acids is 1. The quantitative estimate of drug-likeness (QED) is 0.497. The molecule has 0 radical (unpaired) electrons. The molecule has 2 unspecified atom stereocenters. The fourth-order valence-corrected chi connectivity index (χ4v) is 3.54. The van der Waals surface area contributed by atoms with E-state index in [1.807, 2.05) is 47.4 Å². The number of nitrogens with two attached hydrogens (primary N) is 1. The number of hydrazone groups is 1. The Bertz CT molecular complexity index is 804. The summed E-state index contributed by atoms with van der Waals surface area (Å²) in [6.45, 7) is 3.67. The third-order valence-electron chi connectivity index (χ3n) is 4.45. The second kappa shape index (κ2) is 7.15. The van der Waals surface area contributed by atoms with Gasteiger partial charge < -0.3 is 16.1 Å². The van der Waals surface area contributed by atoms with Gasteiger partial charge in [0, 0.05) is 29.4 Å². The molecule has 0 saturated heterocycles. The number of anilines is 2. The van der Waals surface area contributed by atoms with E-state index >= 15 is 0 Å². The molecule has 25 heavy (non-hydrogen) atoms. The molecule has 130 valence electrons. The fourth-order valence-electron chi connectivity index (χ4n) is 3.41. The summed E-state index contributed by atoms with van der Waals surface area (Å²) in [5.41, 5.74) is 3.87. The van der Waals surface area contributed by atoms with Crippen LogP contribution in [0.5, 0.6) is 0 Å². The van der Waals surface area contributed by atoms with Crippen LogP contribution in [0.2, 0.25) is 5.02 Å². The Morgan fingerprint density at radius 1 is 1.32 bits per heavy atom. The van der Waals surface area contributed by atoms with Crippen molar-refractivity contribution < 1.29 is 4.79 Å². The van der Waals surface area contributed by atoms with Gasteiger partial charge in [-0.25, -0.2) is 0 Å². The highest BCUT2D eigenvalue weighted by molar-refractivity contribution is 6.30. The van der Waals surface area contributed by atoms with Gasteiger partial charge in [0.1, 0.15) is 0 Å². The molecule has 5 nitrogen and oxygen atoms in total. The Balaban J connectivity index is 2.01. The molecule has 0 bridgehead atoms. The molecule has 2 aromatic rings. The zero-order valence-corrected chi connectivity index (χ0v) is 15.0. The Morgan fingerprint density at radius 2 is 2.04 bits per heavy atom. The molecule has 1 aliphatic rings. The summed E-state index contributed by atoms with van der Waals surface area (Å²) < 4.78 is 0. The first-order chi connectivity index (χ1) is 12.0. The highest BCUT2D eigenvalue weighted by atomic mass is 35.5. The van der Waals surface area contributed by atoms with Crippen LogP contribution in [0.3, 0.4) is 0 Å². The van der Waals surface area contributed by atoms with Gasteiger partial charge in [0.25, 0.3) is 0 Å². The summed E-state index contributed by atoms with van der Waals surface area (Å²) in [6.07, 6.45) is 2.41. The number of carbonyl (C=O) groups is 1. The van der Waals surface area contributed by atoms with Crippen LogP contribution in [0.1, 0.15) is 37.4 Å². The van der Waals surface area contributed by atoms with Crippen molar-refractivity contribution in [3.05, 3.63) is 58.6 Å². The second-order valence-corrected chi connectivity index (χ2v) is 6.71. The molecular formula is C19H21ClN4O. The maximum Gasteiger partial charge on any atom is 0.224 e. The number of rotatable bonds is 3. The molecule has 1 amide bonds. The van der Waals surface area contributed by atoms with Crippen molar-refractivity contribution in [3.63, 3.8) is 0 Å². The third-order valence-corrected chi connectivity index (χ3v) is 4.70. The van der Waals surface area contributed by atoms with Crippen LogP contribution in [0, 0.1) is 0 Å². The van der Waals surface area contributed by atoms with Crippen LogP contribution in [-0.2, 0) is 4.79 Å². The smallest absolute Gasteiger partial charge is 0.224 e. The molecule has 0 saturated carbocycles. The average Bonchev–Trinajstić information content (AvgIpc) is 2.57. The lowest BCUT2D eigenvalue weighted by molar-refractivity contribution is -0.117. The molecule has 6 heteroatoms. The van der Waals surface area contributed by atoms with Gasteiger partial charge in [0.05, 0.1) is 12.3 Å². The first-order valence-corrected chi connectivity index (χ1v) is 8.56. The molecule has 2 atom stereocenters. The van der Waals surface area contributed by atoms with E-state index in [4.69, 9.17) is 17.4 Å². The van der Waals surface area contributed by atoms with E-state index in [-0.39, 0.29) is 18.0 Å². The van der Waals surface area contributed by atoms with E-state index in [1.54, 1.807) is 13.1 Å². The molecule has 0 fully saturated rings. The van der Waals surface area contributed by atoms with Crippen molar-refractivity contribution >= 4 is 35.1 Å². The number of nitrogens with one attached hydrogen (secondary N) is 1. The van der Waals surface area contributed by atoms with Gasteiger partial charge in [-0.1, -0.05) is 17.7 Å². The number of fused-ring (bicyclic) bond motifs is 1. The van der Waals surface area contributed by atoms with Crippen LogP contribution in [0.15, 0.2) is 47.6 Å². The molecule has 0 aromatic heterocycles. The number of benzene rings is 2. The SMILES string of the molecule is CC(=O)N1c2ccc(/C=N/N)cc2C(Nc2ccc(Cl)cc2)CC1C. The van der Waals surface area contributed by atoms with Crippen LogP contribution >= 0.6 is 11.6 Å². The minimum absolute atomic E-state index is 0.0407. The van der Waals surface area contributed by atoms with Crippen LogP contribution < -0.4 is 16.1 Å². The van der Waals surface area contributed by atoms with E-state index in [9.17, 15) is 4.79 Å². The van der Waals surface area contributed by atoms with Crippen molar-refractivity contribution in [2.45, 2.75) is 32.4 Å². The van der Waals surface area contributed by atoms with E-state index in [1.165, 1.54) is 0 Å². The summed E-state index contributed by atoms with van der Waals surface area (Å²) in [5, 5.41) is 7.85. The Kier molecular flexibility index (Phi) is 4.95. The van der Waals surface area contributed by atoms with Crippen molar-refractivity contribution in [3.8, 4) is 0 Å². The molecule has 0 aliphatic carbocycles. The average molecular weight is 357 g/mol. The predicted molar refractivity (Wildman–Crippen MR) is 103 cm³/mol. The largest absolute Gasteiger partial charge is 0.378 e. The minimum Gasteiger partial charge on any atom is -0.378 e. The fraction of sp³-hybridized carbons (Fsp3) is 0.263. The van der Waals surface area contributed by atoms with Gasteiger partial charge in [-0.3, -0.25) is 4.79 Å². The lowest BCUT2D eigenvalue weighted by Crippen LogP contribution is -2.43. The van der Waals surface area contributed by atoms with Crippen molar-refractivity contribution in [1.29, 1.82) is 0 Å². The zero-order valence-electron chi connectivity index (χ0n) is 14.2. The van der Waals surface area contributed by atoms with Gasteiger partial charge in [-0.2, -0.15) is 5.10 Å². The van der Waals surface area contributed by atoms with Crippen molar-refractivity contribution in [1.82, 2.24) is 0 Å². The third kappa shape index (κ3) is 3.61. The van der Waals surface area contributed by atoms with Gasteiger partial charge in [-0.05, 0) is 60.9 Å². The summed E-state index contributed by atoms with van der Waals surface area (Å²) >= 11 is 5.97. The second-order valence-electron chi connectivity index (χ2n) is 6.27. The van der Waals surface area contributed by atoms with Gasteiger partial charge in [0.2, 0.25) is 5.91 Å². The predicted octanol–water partition coefficient (Wildman–Crippen LogP) is 3.93. The standard InChI is InChI=1S/C19H21ClN4O/c1-12-9-18(23-16-6-4-15(20)5-7-16)17-10-14(11-22-21)3-8-19(17)24(12)13(2)25/h3-8,10-12,18,23H,9,21H2,1-2H3/b22-11+. The van der Waals surface area contributed by atoms with Crippen LogP contribution in [0.25, 0.3) is 0 Å². The molecule has 1 heterocycles. The minimum atomic E-state index is 0.0407. The number of hydrogen-bond acceptors (Lipinski definition) is 4. The normalized spacial score (nSPS) is 19.7. The molecule has 1 aliphatic heterocycles. The summed E-state index contributed by atoms with van der Waals surface area (Å²) in [6, 6.07) is 13.7. The summed E-state index contributed by atoms with van der Waals surface area (Å²) in [7, 11) is 0. The highest BCUT2D eigenvalue weighted by Gasteiger charge is 2.32. The van der Waals surface area contributed by atoms with Crippen molar-refractivity contribution in [2.24, 2.45) is 10.9 Å². The van der Waals surface area contributed by atoms with E-state index in [2.05, 4.69) is 17.3 Å². The van der Waals surface area contributed by atoms with Crippen LogP contribution in [0.4, 0.5) is 11.4 Å².